The molecule has 1 aromatic carbocycles. The maximum Gasteiger partial charge on any atom is 0.274 e. The van der Waals surface area contributed by atoms with E-state index in [9.17, 15) is 14.7 Å². The first-order chi connectivity index (χ1) is 11.6. The van der Waals surface area contributed by atoms with Crippen LogP contribution in [0.5, 0.6) is 5.75 Å². The van der Waals surface area contributed by atoms with Crippen molar-refractivity contribution in [2.24, 2.45) is 0 Å². The minimum Gasteiger partial charge on any atom is -0.507 e. The molecule has 1 aromatic heterocycles. The van der Waals surface area contributed by atoms with E-state index < -0.39 is 0 Å². The molecule has 24 heavy (non-hydrogen) atoms. The highest BCUT2D eigenvalue weighted by molar-refractivity contribution is 5.97. The average molecular weight is 326 g/mol. The van der Waals surface area contributed by atoms with Gasteiger partial charge in [0.2, 0.25) is 0 Å². The number of aromatic nitrogens is 2. The molecule has 124 valence electrons. The predicted molar refractivity (Wildman–Crippen MR) is 86.7 cm³/mol. The van der Waals surface area contributed by atoms with Crippen LogP contribution >= 0.6 is 0 Å². The Bertz CT molecular complexity index is 756. The first kappa shape index (κ1) is 15.9. The first-order valence-electron chi connectivity index (χ1n) is 7.70. The van der Waals surface area contributed by atoms with Crippen LogP contribution in [0.3, 0.4) is 0 Å². The van der Waals surface area contributed by atoms with E-state index in [-0.39, 0.29) is 23.1 Å². The molecule has 1 N–H and O–H groups in total. The molecule has 7 heteroatoms. The van der Waals surface area contributed by atoms with Gasteiger partial charge in [-0.1, -0.05) is 6.07 Å². The number of hydrogen-bond donors (Lipinski definition) is 1. The zero-order valence-corrected chi connectivity index (χ0v) is 13.3. The van der Waals surface area contributed by atoms with Gasteiger partial charge in [0.15, 0.2) is 0 Å². The van der Waals surface area contributed by atoms with Crippen molar-refractivity contribution >= 4 is 11.8 Å². The van der Waals surface area contributed by atoms with Gasteiger partial charge in [-0.15, -0.1) is 0 Å². The Labute approximate surface area is 139 Å². The Balaban J connectivity index is 1.64. The van der Waals surface area contributed by atoms with Crippen LogP contribution in [0.4, 0.5) is 0 Å². The van der Waals surface area contributed by atoms with E-state index in [1.165, 1.54) is 18.6 Å². The number of carbonyl (C=O) groups is 2. The van der Waals surface area contributed by atoms with Crippen LogP contribution in [0.25, 0.3) is 0 Å². The molecular formula is C17H18N4O3. The maximum absolute atomic E-state index is 12.5. The van der Waals surface area contributed by atoms with Crippen LogP contribution in [0.1, 0.15) is 26.4 Å². The van der Waals surface area contributed by atoms with E-state index in [1.54, 1.807) is 28.0 Å². The van der Waals surface area contributed by atoms with E-state index in [4.69, 9.17) is 0 Å². The zero-order valence-electron chi connectivity index (χ0n) is 13.3. The van der Waals surface area contributed by atoms with Crippen molar-refractivity contribution in [1.29, 1.82) is 0 Å². The summed E-state index contributed by atoms with van der Waals surface area (Å²) in [7, 11) is 0. The summed E-state index contributed by atoms with van der Waals surface area (Å²) in [6.45, 7) is 3.53. The fourth-order valence-corrected chi connectivity index (χ4v) is 2.68. The number of nitrogens with zero attached hydrogens (tertiary/aromatic N) is 4. The number of phenols is 1. The lowest BCUT2D eigenvalue weighted by atomic mass is 10.1. The van der Waals surface area contributed by atoms with Crippen molar-refractivity contribution in [3.05, 3.63) is 53.6 Å². The second kappa shape index (κ2) is 6.66. The summed E-state index contributed by atoms with van der Waals surface area (Å²) in [5, 5.41) is 9.95. The summed E-state index contributed by atoms with van der Waals surface area (Å²) in [6, 6.07) is 4.99. The Morgan fingerprint density at radius 1 is 1.04 bits per heavy atom. The molecular weight excluding hydrogens is 308 g/mol. The van der Waals surface area contributed by atoms with E-state index >= 15 is 0 Å². The van der Waals surface area contributed by atoms with Gasteiger partial charge in [0, 0.05) is 38.6 Å². The molecule has 2 amide bonds. The van der Waals surface area contributed by atoms with Crippen LogP contribution in [0, 0.1) is 6.92 Å². The molecule has 0 atom stereocenters. The van der Waals surface area contributed by atoms with Gasteiger partial charge in [-0.2, -0.15) is 0 Å². The smallest absolute Gasteiger partial charge is 0.274 e. The molecule has 7 nitrogen and oxygen atoms in total. The van der Waals surface area contributed by atoms with Crippen molar-refractivity contribution in [3.63, 3.8) is 0 Å². The minimum absolute atomic E-state index is 0.0157. The number of rotatable bonds is 2. The third kappa shape index (κ3) is 3.19. The van der Waals surface area contributed by atoms with Gasteiger partial charge < -0.3 is 14.9 Å². The lowest BCUT2D eigenvalue weighted by Crippen LogP contribution is -2.50. The highest BCUT2D eigenvalue weighted by atomic mass is 16.3. The van der Waals surface area contributed by atoms with Gasteiger partial charge in [-0.25, -0.2) is 4.98 Å². The van der Waals surface area contributed by atoms with Gasteiger partial charge in [-0.3, -0.25) is 14.6 Å². The van der Waals surface area contributed by atoms with Gasteiger partial charge in [0.25, 0.3) is 11.8 Å². The molecule has 2 heterocycles. The molecule has 0 aliphatic carbocycles. The number of aryl methyl sites for hydroxylation is 1. The van der Waals surface area contributed by atoms with Crippen molar-refractivity contribution < 1.29 is 14.7 Å². The van der Waals surface area contributed by atoms with Crippen LogP contribution < -0.4 is 0 Å². The molecule has 3 rings (SSSR count). The van der Waals surface area contributed by atoms with Gasteiger partial charge in [0.05, 0.1) is 11.8 Å². The number of carbonyl (C=O) groups excluding carboxylic acids is 2. The highest BCUT2D eigenvalue weighted by Gasteiger charge is 2.27. The monoisotopic (exact) mass is 326 g/mol. The van der Waals surface area contributed by atoms with Gasteiger partial charge in [0.1, 0.15) is 11.4 Å². The molecule has 1 fully saturated rings. The molecule has 0 bridgehead atoms. The number of benzene rings is 1. The Morgan fingerprint density at radius 3 is 2.29 bits per heavy atom. The number of aromatic hydroxyl groups is 1. The Hall–Kier alpha value is -2.96. The lowest BCUT2D eigenvalue weighted by Gasteiger charge is -2.34. The summed E-state index contributed by atoms with van der Waals surface area (Å²) in [5.74, 6) is -0.425. The van der Waals surface area contributed by atoms with Crippen molar-refractivity contribution in [3.8, 4) is 5.75 Å². The van der Waals surface area contributed by atoms with Crippen molar-refractivity contribution in [2.45, 2.75) is 6.92 Å². The quantitative estimate of drug-likeness (QED) is 0.893. The summed E-state index contributed by atoms with van der Waals surface area (Å²) in [4.78, 5) is 36.0. The standard InChI is InChI=1S/C17H18N4O3/c1-12-2-3-13(15(22)10-12)16(23)20-6-8-21(9-7-20)17(24)14-11-18-4-5-19-14/h2-5,10-11,22H,6-9H2,1H3. The van der Waals surface area contributed by atoms with Gasteiger partial charge in [-0.05, 0) is 24.6 Å². The van der Waals surface area contributed by atoms with Gasteiger partial charge >= 0.3 is 0 Å². The second-order valence-electron chi connectivity index (χ2n) is 5.70. The summed E-state index contributed by atoms with van der Waals surface area (Å²) in [6.07, 6.45) is 4.43. The number of piperazine rings is 1. The van der Waals surface area contributed by atoms with Crippen molar-refractivity contribution in [2.75, 3.05) is 26.2 Å². The summed E-state index contributed by atoms with van der Waals surface area (Å²) in [5.41, 5.74) is 1.48. The van der Waals surface area contributed by atoms with E-state index in [2.05, 4.69) is 9.97 Å². The molecule has 0 spiro atoms. The van der Waals surface area contributed by atoms with Crippen molar-refractivity contribution in [1.82, 2.24) is 19.8 Å². The molecule has 0 unspecified atom stereocenters. The first-order valence-corrected chi connectivity index (χ1v) is 7.70. The largest absolute Gasteiger partial charge is 0.507 e. The SMILES string of the molecule is Cc1ccc(C(=O)N2CCN(C(=O)c3cnccn3)CC2)c(O)c1. The summed E-state index contributed by atoms with van der Waals surface area (Å²) >= 11 is 0. The fraction of sp³-hybridized carbons (Fsp3) is 0.294. The van der Waals surface area contributed by atoms with Crippen LogP contribution in [0.15, 0.2) is 36.8 Å². The molecule has 2 aromatic rings. The number of hydrogen-bond acceptors (Lipinski definition) is 5. The molecule has 0 saturated carbocycles. The average Bonchev–Trinajstić information content (AvgIpc) is 2.61. The minimum atomic E-state index is -0.223. The van der Waals surface area contributed by atoms with E-state index in [0.29, 0.717) is 31.9 Å². The maximum atomic E-state index is 12.5. The third-order valence-electron chi connectivity index (χ3n) is 4.02. The van der Waals surface area contributed by atoms with E-state index in [0.717, 1.165) is 5.56 Å². The van der Waals surface area contributed by atoms with Crippen LogP contribution in [-0.2, 0) is 0 Å². The molecule has 0 radical (unpaired) electrons. The van der Waals surface area contributed by atoms with E-state index in [1.807, 2.05) is 6.92 Å². The molecule has 1 saturated heterocycles. The Kier molecular flexibility index (Phi) is 4.41. The predicted octanol–water partition coefficient (Wildman–Crippen LogP) is 1.09. The number of amides is 2. The third-order valence-corrected chi connectivity index (χ3v) is 4.02. The van der Waals surface area contributed by atoms with Crippen LogP contribution in [0.2, 0.25) is 0 Å². The summed E-state index contributed by atoms with van der Waals surface area (Å²) < 4.78 is 0. The second-order valence-corrected chi connectivity index (χ2v) is 5.70. The Morgan fingerprint density at radius 2 is 1.71 bits per heavy atom. The molecule has 1 aliphatic heterocycles. The fourth-order valence-electron chi connectivity index (χ4n) is 2.68. The lowest BCUT2D eigenvalue weighted by molar-refractivity contribution is 0.0530. The topological polar surface area (TPSA) is 86.6 Å². The highest BCUT2D eigenvalue weighted by Crippen LogP contribution is 2.21. The zero-order chi connectivity index (χ0) is 17.1. The normalized spacial score (nSPS) is 14.5. The molecule has 1 aliphatic rings. The van der Waals surface area contributed by atoms with Crippen LogP contribution in [-0.4, -0.2) is 62.9 Å². The number of phenolic OH excluding ortho intramolecular Hbond substituents is 1.